The van der Waals surface area contributed by atoms with Gasteiger partial charge in [-0.2, -0.15) is 13.2 Å². The normalized spacial score (nSPS) is 11.1. The summed E-state index contributed by atoms with van der Waals surface area (Å²) in [6.07, 6.45) is -3.31. The molecule has 0 unspecified atom stereocenters. The molecule has 2 amide bonds. The van der Waals surface area contributed by atoms with Crippen LogP contribution >= 0.6 is 0 Å². The maximum Gasteiger partial charge on any atom is 0.416 e. The average Bonchev–Trinajstić information content (AvgIpc) is 3.30. The molecule has 0 spiro atoms. The number of carbonyl (C=O) groups is 2. The van der Waals surface area contributed by atoms with Crippen LogP contribution in [0.1, 0.15) is 23.0 Å². The van der Waals surface area contributed by atoms with Crippen molar-refractivity contribution in [3.63, 3.8) is 0 Å². The Balaban J connectivity index is 1.79. The summed E-state index contributed by atoms with van der Waals surface area (Å²) < 4.78 is 55.7. The van der Waals surface area contributed by atoms with E-state index in [4.69, 9.17) is 13.9 Å². The van der Waals surface area contributed by atoms with Gasteiger partial charge in [0.15, 0.2) is 11.5 Å². The molecule has 0 radical (unpaired) electrons. The van der Waals surface area contributed by atoms with Gasteiger partial charge in [0.1, 0.15) is 11.5 Å². The lowest BCUT2D eigenvalue weighted by Gasteiger charge is -2.18. The van der Waals surface area contributed by atoms with Crippen LogP contribution in [0.5, 0.6) is 17.2 Å². The maximum absolute atomic E-state index is 13.2. The number of likely N-dealkylation sites (N-methyl/N-ethyl adjacent to an activating group) is 1. The van der Waals surface area contributed by atoms with E-state index in [9.17, 15) is 22.8 Å². The number of nitrogens with one attached hydrogen (secondary N) is 1. The number of hydrogen-bond donors (Lipinski definition) is 1. The molecule has 33 heavy (non-hydrogen) atoms. The van der Waals surface area contributed by atoms with E-state index in [0.717, 1.165) is 23.1 Å². The van der Waals surface area contributed by atoms with E-state index in [-0.39, 0.29) is 17.2 Å². The second kappa shape index (κ2) is 10.1. The number of rotatable bonds is 8. The Labute approximate surface area is 187 Å². The lowest BCUT2D eigenvalue weighted by atomic mass is 10.1. The number of carbonyl (C=O) groups excluding carboxylic acids is 2. The molecule has 1 heterocycles. The number of amides is 2. The van der Waals surface area contributed by atoms with Crippen LogP contribution in [0.15, 0.2) is 65.3 Å². The number of hydrogen-bond acceptors (Lipinski definition) is 5. The van der Waals surface area contributed by atoms with E-state index in [1.165, 1.54) is 25.4 Å². The number of ether oxygens (including phenoxy) is 2. The first-order chi connectivity index (χ1) is 15.7. The smallest absolute Gasteiger partial charge is 0.416 e. The molecule has 0 aliphatic heterocycles. The second-order valence-corrected chi connectivity index (χ2v) is 6.90. The van der Waals surface area contributed by atoms with Crippen molar-refractivity contribution in [2.24, 2.45) is 0 Å². The van der Waals surface area contributed by atoms with Crippen LogP contribution in [0.2, 0.25) is 0 Å². The van der Waals surface area contributed by atoms with Gasteiger partial charge in [0.2, 0.25) is 5.91 Å². The lowest BCUT2D eigenvalue weighted by Crippen LogP contribution is -2.34. The first-order valence-corrected chi connectivity index (χ1v) is 9.88. The van der Waals surface area contributed by atoms with Gasteiger partial charge in [0, 0.05) is 7.05 Å². The molecule has 0 aliphatic carbocycles. The molecule has 1 N–H and O–H groups in total. The Morgan fingerprint density at radius 3 is 2.36 bits per heavy atom. The topological polar surface area (TPSA) is 81.0 Å². The molecule has 7 nitrogen and oxygen atoms in total. The van der Waals surface area contributed by atoms with Crippen molar-refractivity contribution in [3.05, 3.63) is 72.2 Å². The van der Waals surface area contributed by atoms with Gasteiger partial charge >= 0.3 is 6.18 Å². The number of halogens is 3. The predicted molar refractivity (Wildman–Crippen MR) is 113 cm³/mol. The van der Waals surface area contributed by atoms with Crippen molar-refractivity contribution in [1.82, 2.24) is 4.90 Å². The summed E-state index contributed by atoms with van der Waals surface area (Å²) in [5.74, 6) is -0.295. The monoisotopic (exact) mass is 462 g/mol. The van der Waals surface area contributed by atoms with Gasteiger partial charge in [-0.15, -0.1) is 0 Å². The van der Waals surface area contributed by atoms with Crippen molar-refractivity contribution < 1.29 is 36.7 Å². The zero-order valence-corrected chi connectivity index (χ0v) is 17.8. The predicted octanol–water partition coefficient (Wildman–Crippen LogP) is 5.20. The van der Waals surface area contributed by atoms with E-state index >= 15 is 0 Å². The minimum absolute atomic E-state index is 0.000485. The van der Waals surface area contributed by atoms with E-state index in [1.54, 1.807) is 24.3 Å². The van der Waals surface area contributed by atoms with Gasteiger partial charge in [0.05, 0.1) is 30.7 Å². The molecule has 1 aromatic heterocycles. The Morgan fingerprint density at radius 1 is 1.06 bits per heavy atom. The summed E-state index contributed by atoms with van der Waals surface area (Å²) in [5, 5.41) is 2.39. The van der Waals surface area contributed by atoms with Crippen molar-refractivity contribution >= 4 is 17.5 Å². The minimum atomic E-state index is -4.62. The highest BCUT2D eigenvalue weighted by molar-refractivity contribution is 5.98. The first kappa shape index (κ1) is 23.7. The number of furan rings is 1. The van der Waals surface area contributed by atoms with Gasteiger partial charge in [-0.05, 0) is 61.5 Å². The molecular formula is C23H21F3N2O5. The summed E-state index contributed by atoms with van der Waals surface area (Å²) in [7, 11) is 1.37. The van der Waals surface area contributed by atoms with E-state index in [2.05, 4.69) is 5.32 Å². The molecule has 2 aromatic carbocycles. The first-order valence-electron chi connectivity index (χ1n) is 9.88. The van der Waals surface area contributed by atoms with Crippen LogP contribution in [0, 0.1) is 0 Å². The number of anilines is 1. The van der Waals surface area contributed by atoms with E-state index < -0.39 is 30.1 Å². The van der Waals surface area contributed by atoms with E-state index in [1.807, 2.05) is 6.92 Å². The van der Waals surface area contributed by atoms with Gasteiger partial charge in [-0.25, -0.2) is 0 Å². The van der Waals surface area contributed by atoms with Crippen LogP contribution in [0.25, 0.3) is 0 Å². The number of alkyl halides is 3. The maximum atomic E-state index is 13.2. The fraction of sp³-hybridized carbons (Fsp3) is 0.217. The molecule has 0 fully saturated rings. The molecular weight excluding hydrogens is 441 g/mol. The molecule has 0 aliphatic rings. The van der Waals surface area contributed by atoms with Crippen molar-refractivity contribution in [3.8, 4) is 17.2 Å². The van der Waals surface area contributed by atoms with Gasteiger partial charge in [-0.3, -0.25) is 9.59 Å². The molecule has 0 atom stereocenters. The zero-order valence-electron chi connectivity index (χ0n) is 17.8. The number of nitrogens with zero attached hydrogens (tertiary/aromatic N) is 1. The molecule has 174 valence electrons. The van der Waals surface area contributed by atoms with Crippen LogP contribution in [0.3, 0.4) is 0 Å². The third kappa shape index (κ3) is 6.28. The fourth-order valence-electron chi connectivity index (χ4n) is 2.86. The fourth-order valence-corrected chi connectivity index (χ4v) is 2.86. The zero-order chi connectivity index (χ0) is 24.0. The van der Waals surface area contributed by atoms with Crippen molar-refractivity contribution in [1.29, 1.82) is 0 Å². The van der Waals surface area contributed by atoms with Crippen LogP contribution in [0.4, 0.5) is 18.9 Å². The van der Waals surface area contributed by atoms with Crippen molar-refractivity contribution in [2.75, 3.05) is 25.5 Å². The SMILES string of the molecule is CCOc1ccc(Oc2ccc(C(F)(F)F)cc2NC(=O)CN(C)C(=O)c2ccco2)cc1. The van der Waals surface area contributed by atoms with Gasteiger partial charge in [-0.1, -0.05) is 0 Å². The van der Waals surface area contributed by atoms with E-state index in [0.29, 0.717) is 18.1 Å². The summed E-state index contributed by atoms with van der Waals surface area (Å²) >= 11 is 0. The Morgan fingerprint density at radius 2 is 1.76 bits per heavy atom. The molecule has 0 bridgehead atoms. The lowest BCUT2D eigenvalue weighted by molar-refractivity contribution is -0.137. The van der Waals surface area contributed by atoms with Gasteiger partial charge < -0.3 is 24.1 Å². The van der Waals surface area contributed by atoms with Crippen molar-refractivity contribution in [2.45, 2.75) is 13.1 Å². The molecule has 0 saturated heterocycles. The average molecular weight is 462 g/mol. The Hall–Kier alpha value is -3.95. The Bertz CT molecular complexity index is 1100. The summed E-state index contributed by atoms with van der Waals surface area (Å²) in [5.41, 5.74) is -1.15. The Kier molecular flexibility index (Phi) is 7.27. The summed E-state index contributed by atoms with van der Waals surface area (Å²) in [6, 6.07) is 12.2. The molecule has 3 aromatic rings. The standard InChI is InChI=1S/C23H21F3N2O5/c1-3-31-16-7-9-17(10-8-16)33-19-11-6-15(23(24,25)26)13-18(19)27-21(29)14-28(2)22(30)20-5-4-12-32-20/h4-13H,3,14H2,1-2H3,(H,27,29). The summed E-state index contributed by atoms with van der Waals surface area (Å²) in [4.78, 5) is 25.8. The molecule has 10 heteroatoms. The highest BCUT2D eigenvalue weighted by atomic mass is 19.4. The second-order valence-electron chi connectivity index (χ2n) is 6.90. The minimum Gasteiger partial charge on any atom is -0.494 e. The third-order valence-corrected chi connectivity index (χ3v) is 4.40. The van der Waals surface area contributed by atoms with Crippen LogP contribution < -0.4 is 14.8 Å². The molecule has 0 saturated carbocycles. The number of benzene rings is 2. The van der Waals surface area contributed by atoms with Crippen LogP contribution in [-0.4, -0.2) is 36.9 Å². The largest absolute Gasteiger partial charge is 0.494 e. The molecule has 3 rings (SSSR count). The highest BCUT2D eigenvalue weighted by Crippen LogP contribution is 2.37. The summed E-state index contributed by atoms with van der Waals surface area (Å²) in [6.45, 7) is 1.89. The van der Waals surface area contributed by atoms with Gasteiger partial charge in [0.25, 0.3) is 5.91 Å². The van der Waals surface area contributed by atoms with Crippen LogP contribution in [-0.2, 0) is 11.0 Å². The quantitative estimate of drug-likeness (QED) is 0.498. The third-order valence-electron chi connectivity index (χ3n) is 4.40. The highest BCUT2D eigenvalue weighted by Gasteiger charge is 2.31.